The molecule has 1 aromatic carbocycles. The van der Waals surface area contributed by atoms with Crippen molar-refractivity contribution in [2.24, 2.45) is 5.41 Å². The minimum absolute atomic E-state index is 0.369. The highest BCUT2D eigenvalue weighted by Gasteiger charge is 2.46. The second-order valence-corrected chi connectivity index (χ2v) is 8.96. The van der Waals surface area contributed by atoms with Gasteiger partial charge in [-0.3, -0.25) is 0 Å². The van der Waals surface area contributed by atoms with Crippen LogP contribution in [0.1, 0.15) is 31.2 Å². The van der Waals surface area contributed by atoms with E-state index in [9.17, 15) is 8.42 Å². The largest absolute Gasteiger partial charge is 0.381 e. The van der Waals surface area contributed by atoms with Crippen molar-refractivity contribution in [2.75, 3.05) is 27.3 Å². The fourth-order valence-corrected chi connectivity index (χ4v) is 4.84. The van der Waals surface area contributed by atoms with E-state index in [0.29, 0.717) is 22.9 Å². The lowest BCUT2D eigenvalue weighted by Gasteiger charge is -2.52. The molecule has 128 valence electrons. The molecule has 1 aliphatic carbocycles. The molecule has 1 aliphatic heterocycles. The van der Waals surface area contributed by atoms with Gasteiger partial charge in [-0.2, -0.15) is 0 Å². The highest BCUT2D eigenvalue weighted by molar-refractivity contribution is 7.89. The predicted molar refractivity (Wildman–Crippen MR) is 89.7 cm³/mol. The number of nitrogens with one attached hydrogen (secondary N) is 1. The summed E-state index contributed by atoms with van der Waals surface area (Å²) in [6.45, 7) is 2.30. The molecule has 1 heterocycles. The number of rotatable bonds is 5. The number of nitrogens with zero attached hydrogens (tertiary/aromatic N) is 1. The van der Waals surface area contributed by atoms with Gasteiger partial charge in [0.1, 0.15) is 0 Å². The van der Waals surface area contributed by atoms with Gasteiger partial charge in [-0.15, -0.1) is 0 Å². The Bertz CT molecular complexity index is 652. The van der Waals surface area contributed by atoms with Gasteiger partial charge in [0, 0.05) is 39.9 Å². The third-order valence-electron chi connectivity index (χ3n) is 5.43. The molecule has 1 aromatic rings. The summed E-state index contributed by atoms with van der Waals surface area (Å²) in [5.41, 5.74) is 1.21. The summed E-state index contributed by atoms with van der Waals surface area (Å²) >= 11 is 0. The SMILES string of the molecule is CN(C)S(=O)(=O)c1ccccc1CNC1CCC12CCOCC2. The molecular formula is C17H26N2O3S. The first-order valence-corrected chi connectivity index (χ1v) is 9.71. The zero-order chi connectivity index (χ0) is 16.5. The maximum Gasteiger partial charge on any atom is 0.242 e. The lowest BCUT2D eigenvalue weighted by atomic mass is 9.60. The first-order valence-electron chi connectivity index (χ1n) is 8.27. The Morgan fingerprint density at radius 3 is 2.52 bits per heavy atom. The zero-order valence-electron chi connectivity index (χ0n) is 13.9. The monoisotopic (exact) mass is 338 g/mol. The van der Waals surface area contributed by atoms with Crippen molar-refractivity contribution >= 4 is 10.0 Å². The van der Waals surface area contributed by atoms with Crippen molar-refractivity contribution < 1.29 is 13.2 Å². The molecule has 1 saturated heterocycles. The predicted octanol–water partition coefficient (Wildman–Crippen LogP) is 1.99. The second kappa shape index (κ2) is 6.51. The maximum absolute atomic E-state index is 12.5. The Balaban J connectivity index is 1.72. The number of hydrogen-bond donors (Lipinski definition) is 1. The normalized spacial score (nSPS) is 23.9. The van der Waals surface area contributed by atoms with Crippen molar-refractivity contribution in [2.45, 2.75) is 43.2 Å². The summed E-state index contributed by atoms with van der Waals surface area (Å²) in [6, 6.07) is 7.75. The summed E-state index contributed by atoms with van der Waals surface area (Å²) in [5, 5.41) is 3.61. The van der Waals surface area contributed by atoms with Crippen LogP contribution in [0.25, 0.3) is 0 Å². The van der Waals surface area contributed by atoms with Crippen molar-refractivity contribution in [3.8, 4) is 0 Å². The van der Waals surface area contributed by atoms with E-state index in [1.54, 1.807) is 26.2 Å². The molecule has 1 spiro atoms. The Morgan fingerprint density at radius 2 is 1.91 bits per heavy atom. The molecule has 2 aliphatic rings. The summed E-state index contributed by atoms with van der Waals surface area (Å²) < 4.78 is 31.7. The third-order valence-corrected chi connectivity index (χ3v) is 7.34. The van der Waals surface area contributed by atoms with Crippen LogP contribution in [0.15, 0.2) is 29.2 Å². The zero-order valence-corrected chi connectivity index (χ0v) is 14.7. The first-order chi connectivity index (χ1) is 11.0. The van der Waals surface area contributed by atoms with Gasteiger partial charge in [0.05, 0.1) is 4.90 Å². The first kappa shape index (κ1) is 16.9. The summed E-state index contributed by atoms with van der Waals surface area (Å²) in [5.74, 6) is 0. The molecule has 3 rings (SSSR count). The Kier molecular flexibility index (Phi) is 4.78. The van der Waals surface area contributed by atoms with Gasteiger partial charge in [-0.25, -0.2) is 12.7 Å². The van der Waals surface area contributed by atoms with E-state index >= 15 is 0 Å². The van der Waals surface area contributed by atoms with Crippen LogP contribution in [0.4, 0.5) is 0 Å². The molecule has 6 heteroatoms. The Labute approximate surface area is 139 Å². The van der Waals surface area contributed by atoms with Crippen LogP contribution in [0.3, 0.4) is 0 Å². The van der Waals surface area contributed by atoms with E-state index in [0.717, 1.165) is 31.6 Å². The van der Waals surface area contributed by atoms with Crippen LogP contribution >= 0.6 is 0 Å². The van der Waals surface area contributed by atoms with E-state index in [4.69, 9.17) is 4.74 Å². The highest BCUT2D eigenvalue weighted by Crippen LogP contribution is 2.48. The van der Waals surface area contributed by atoms with Crippen LogP contribution in [0, 0.1) is 5.41 Å². The molecule has 5 nitrogen and oxygen atoms in total. The molecule has 1 atom stereocenters. The molecule has 2 fully saturated rings. The molecule has 1 saturated carbocycles. The fourth-order valence-electron chi connectivity index (χ4n) is 3.72. The van der Waals surface area contributed by atoms with Gasteiger partial charge in [0.25, 0.3) is 0 Å². The minimum Gasteiger partial charge on any atom is -0.381 e. The van der Waals surface area contributed by atoms with Crippen LogP contribution in [0.5, 0.6) is 0 Å². The van der Waals surface area contributed by atoms with E-state index in [1.807, 2.05) is 12.1 Å². The number of sulfonamides is 1. The molecule has 23 heavy (non-hydrogen) atoms. The maximum atomic E-state index is 12.5. The number of benzene rings is 1. The van der Waals surface area contributed by atoms with Gasteiger partial charge in [0.15, 0.2) is 0 Å². The fraction of sp³-hybridized carbons (Fsp3) is 0.647. The topological polar surface area (TPSA) is 58.6 Å². The molecule has 0 aromatic heterocycles. The number of hydrogen-bond acceptors (Lipinski definition) is 4. The molecule has 1 N–H and O–H groups in total. The molecule has 0 bridgehead atoms. The lowest BCUT2D eigenvalue weighted by Crippen LogP contribution is -2.55. The number of ether oxygens (including phenoxy) is 1. The minimum atomic E-state index is -3.40. The van der Waals surface area contributed by atoms with E-state index in [-0.39, 0.29) is 0 Å². The van der Waals surface area contributed by atoms with Crippen LogP contribution in [-0.2, 0) is 21.3 Å². The van der Waals surface area contributed by atoms with Crippen molar-refractivity contribution in [3.63, 3.8) is 0 Å². The molecular weight excluding hydrogens is 312 g/mol. The average Bonchev–Trinajstić information content (AvgIpc) is 2.55. The van der Waals surface area contributed by atoms with E-state index < -0.39 is 10.0 Å². The van der Waals surface area contributed by atoms with Gasteiger partial charge >= 0.3 is 0 Å². The third kappa shape index (κ3) is 3.18. The summed E-state index contributed by atoms with van der Waals surface area (Å²) in [6.07, 6.45) is 4.65. The summed E-state index contributed by atoms with van der Waals surface area (Å²) in [4.78, 5) is 0.401. The molecule has 1 unspecified atom stereocenters. The lowest BCUT2D eigenvalue weighted by molar-refractivity contribution is -0.0552. The van der Waals surface area contributed by atoms with Crippen molar-refractivity contribution in [3.05, 3.63) is 29.8 Å². The van der Waals surface area contributed by atoms with Crippen LogP contribution in [-0.4, -0.2) is 46.1 Å². The van der Waals surface area contributed by atoms with Crippen molar-refractivity contribution in [1.82, 2.24) is 9.62 Å². The van der Waals surface area contributed by atoms with E-state index in [2.05, 4.69) is 5.32 Å². The van der Waals surface area contributed by atoms with Crippen LogP contribution < -0.4 is 5.32 Å². The van der Waals surface area contributed by atoms with E-state index in [1.165, 1.54) is 17.1 Å². The van der Waals surface area contributed by atoms with Gasteiger partial charge < -0.3 is 10.1 Å². The molecule has 0 amide bonds. The average molecular weight is 338 g/mol. The smallest absolute Gasteiger partial charge is 0.242 e. The molecule has 0 radical (unpaired) electrons. The quantitative estimate of drug-likeness (QED) is 0.892. The van der Waals surface area contributed by atoms with Gasteiger partial charge in [0.2, 0.25) is 10.0 Å². The Hall–Kier alpha value is -0.950. The van der Waals surface area contributed by atoms with Crippen LogP contribution in [0.2, 0.25) is 0 Å². The second-order valence-electron chi connectivity index (χ2n) is 6.84. The standard InChI is InChI=1S/C17H26N2O3S/c1-19(2)23(20,21)15-6-4-3-5-14(15)13-18-16-7-8-17(16)9-11-22-12-10-17/h3-6,16,18H,7-13H2,1-2H3. The highest BCUT2D eigenvalue weighted by atomic mass is 32.2. The van der Waals surface area contributed by atoms with Gasteiger partial charge in [-0.1, -0.05) is 18.2 Å². The van der Waals surface area contributed by atoms with Gasteiger partial charge in [-0.05, 0) is 42.7 Å². The Morgan fingerprint density at radius 1 is 1.22 bits per heavy atom. The van der Waals surface area contributed by atoms with Crippen molar-refractivity contribution in [1.29, 1.82) is 0 Å². The summed E-state index contributed by atoms with van der Waals surface area (Å²) in [7, 11) is -0.260.